The van der Waals surface area contributed by atoms with Gasteiger partial charge in [0.2, 0.25) is 11.9 Å². The summed E-state index contributed by atoms with van der Waals surface area (Å²) in [7, 11) is 0. The molecule has 3 N–H and O–H groups in total. The molecule has 1 saturated carbocycles. The van der Waals surface area contributed by atoms with Crippen molar-refractivity contribution in [3.63, 3.8) is 0 Å². The second kappa shape index (κ2) is 9.71. The van der Waals surface area contributed by atoms with E-state index >= 15 is 0 Å². The van der Waals surface area contributed by atoms with E-state index in [1.54, 1.807) is 6.92 Å². The Morgan fingerprint density at radius 1 is 1.03 bits per heavy atom. The Kier molecular flexibility index (Phi) is 6.59. The topological polar surface area (TPSA) is 83.9 Å². The molecule has 4 rings (SSSR count). The highest BCUT2D eigenvalue weighted by molar-refractivity contribution is 5.78. The number of hydrogen-bond donors (Lipinski definition) is 3. The molecule has 0 bridgehead atoms. The van der Waals surface area contributed by atoms with Gasteiger partial charge >= 0.3 is 0 Å². The van der Waals surface area contributed by atoms with Crippen LogP contribution in [-0.2, 0) is 11.3 Å². The molecule has 158 valence electrons. The third-order valence-corrected chi connectivity index (χ3v) is 5.69. The van der Waals surface area contributed by atoms with E-state index in [4.69, 9.17) is 4.98 Å². The zero-order chi connectivity index (χ0) is 20.8. The van der Waals surface area contributed by atoms with Crippen molar-refractivity contribution in [1.82, 2.24) is 25.2 Å². The number of para-hydroxylation sites is 2. The van der Waals surface area contributed by atoms with Gasteiger partial charge in [-0.05, 0) is 49.9 Å². The molecule has 7 nitrogen and oxygen atoms in total. The van der Waals surface area contributed by atoms with Crippen LogP contribution >= 0.6 is 0 Å². The number of benzene rings is 1. The highest BCUT2D eigenvalue weighted by Gasteiger charge is 2.22. The number of imidazole rings is 1. The van der Waals surface area contributed by atoms with Crippen LogP contribution in [0.2, 0.25) is 0 Å². The minimum absolute atomic E-state index is 0.0262. The first-order valence-electron chi connectivity index (χ1n) is 10.8. The van der Waals surface area contributed by atoms with Crippen LogP contribution in [0.15, 0.2) is 48.7 Å². The van der Waals surface area contributed by atoms with Gasteiger partial charge in [0.15, 0.2) is 0 Å². The number of anilines is 1. The molecule has 2 aromatic heterocycles. The summed E-state index contributed by atoms with van der Waals surface area (Å²) in [6.07, 6.45) is 6.29. The highest BCUT2D eigenvalue weighted by atomic mass is 16.1. The van der Waals surface area contributed by atoms with E-state index in [0.29, 0.717) is 25.2 Å². The van der Waals surface area contributed by atoms with Crippen molar-refractivity contribution in [1.29, 1.82) is 0 Å². The van der Waals surface area contributed by atoms with Gasteiger partial charge in [-0.25, -0.2) is 4.98 Å². The summed E-state index contributed by atoms with van der Waals surface area (Å²) in [6.45, 7) is 3.76. The molecule has 0 unspecified atom stereocenters. The normalized spacial score (nSPS) is 19.0. The molecule has 30 heavy (non-hydrogen) atoms. The molecular weight excluding hydrogens is 376 g/mol. The number of nitrogens with one attached hydrogen (secondary N) is 3. The van der Waals surface area contributed by atoms with Crippen LogP contribution in [0.3, 0.4) is 0 Å². The lowest BCUT2D eigenvalue weighted by atomic mass is 9.91. The van der Waals surface area contributed by atoms with Gasteiger partial charge in [-0.15, -0.1) is 0 Å². The van der Waals surface area contributed by atoms with E-state index in [9.17, 15) is 4.79 Å². The average molecular weight is 407 g/mol. The molecular formula is C23H30N6O. The monoisotopic (exact) mass is 406 g/mol. The van der Waals surface area contributed by atoms with Crippen molar-refractivity contribution in [2.75, 3.05) is 18.4 Å². The Morgan fingerprint density at radius 2 is 1.80 bits per heavy atom. The molecule has 0 radical (unpaired) electrons. The maximum Gasteiger partial charge on any atom is 0.216 e. The van der Waals surface area contributed by atoms with Gasteiger partial charge in [-0.1, -0.05) is 18.2 Å². The molecule has 3 aromatic rings. The fourth-order valence-corrected chi connectivity index (χ4v) is 4.14. The Morgan fingerprint density at radius 3 is 2.57 bits per heavy atom. The smallest absolute Gasteiger partial charge is 0.216 e. The Labute approximate surface area is 177 Å². The predicted molar refractivity (Wildman–Crippen MR) is 119 cm³/mol. The lowest BCUT2D eigenvalue weighted by molar-refractivity contribution is -0.118. The molecule has 1 amide bonds. The number of aromatic nitrogens is 3. The van der Waals surface area contributed by atoms with Gasteiger partial charge in [0, 0.05) is 38.3 Å². The SMILES string of the molecule is CC(=O)NCCNC1CCC(Nc2nc3ccccc3n2Cc2ccccn2)CC1. The number of fused-ring (bicyclic) bond motifs is 1. The molecule has 1 aliphatic carbocycles. The quantitative estimate of drug-likeness (QED) is 0.501. The molecule has 1 fully saturated rings. The summed E-state index contributed by atoms with van der Waals surface area (Å²) in [4.78, 5) is 20.3. The van der Waals surface area contributed by atoms with Gasteiger partial charge in [-0.3, -0.25) is 9.78 Å². The van der Waals surface area contributed by atoms with Crippen LogP contribution in [0.4, 0.5) is 5.95 Å². The zero-order valence-corrected chi connectivity index (χ0v) is 17.5. The molecule has 0 atom stereocenters. The third-order valence-electron chi connectivity index (χ3n) is 5.69. The summed E-state index contributed by atoms with van der Waals surface area (Å²) in [5.41, 5.74) is 3.15. The maximum atomic E-state index is 11.0. The van der Waals surface area contributed by atoms with Crippen molar-refractivity contribution in [2.24, 2.45) is 0 Å². The fraction of sp³-hybridized carbons (Fsp3) is 0.435. The van der Waals surface area contributed by atoms with E-state index in [0.717, 1.165) is 54.9 Å². The largest absolute Gasteiger partial charge is 0.355 e. The summed E-state index contributed by atoms with van der Waals surface area (Å²) in [5, 5.41) is 10.1. The second-order valence-corrected chi connectivity index (χ2v) is 7.96. The third kappa shape index (κ3) is 5.16. The Hall–Kier alpha value is -2.93. The van der Waals surface area contributed by atoms with Gasteiger partial charge in [0.25, 0.3) is 0 Å². The van der Waals surface area contributed by atoms with Crippen molar-refractivity contribution in [3.05, 3.63) is 54.4 Å². The highest BCUT2D eigenvalue weighted by Crippen LogP contribution is 2.25. The van der Waals surface area contributed by atoms with Crippen molar-refractivity contribution in [3.8, 4) is 0 Å². The average Bonchev–Trinajstić information content (AvgIpc) is 3.10. The summed E-state index contributed by atoms with van der Waals surface area (Å²) < 4.78 is 2.23. The van der Waals surface area contributed by atoms with Gasteiger partial charge in [0.05, 0.1) is 23.3 Å². The van der Waals surface area contributed by atoms with E-state index < -0.39 is 0 Å². The molecule has 0 saturated heterocycles. The fourth-order valence-electron chi connectivity index (χ4n) is 4.14. The first-order valence-corrected chi connectivity index (χ1v) is 10.8. The summed E-state index contributed by atoms with van der Waals surface area (Å²) in [6, 6.07) is 15.2. The lowest BCUT2D eigenvalue weighted by Gasteiger charge is -2.30. The van der Waals surface area contributed by atoms with Crippen molar-refractivity contribution < 1.29 is 4.79 Å². The number of rotatable bonds is 8. The number of carbonyl (C=O) groups is 1. The van der Waals surface area contributed by atoms with Crippen LogP contribution in [-0.4, -0.2) is 45.6 Å². The number of pyridine rings is 1. The van der Waals surface area contributed by atoms with E-state index in [1.807, 2.05) is 24.4 Å². The number of amides is 1. The predicted octanol–water partition coefficient (Wildman–Crippen LogP) is 2.93. The van der Waals surface area contributed by atoms with Crippen molar-refractivity contribution >= 4 is 22.9 Å². The van der Waals surface area contributed by atoms with Gasteiger partial charge in [-0.2, -0.15) is 0 Å². The second-order valence-electron chi connectivity index (χ2n) is 7.96. The van der Waals surface area contributed by atoms with Gasteiger partial charge in [0.1, 0.15) is 0 Å². The standard InChI is InChI=1S/C23H30N6O/c1-17(30)24-14-15-26-18-9-11-19(12-10-18)27-23-28-21-7-2-3-8-22(21)29(23)16-20-6-4-5-13-25-20/h2-8,13,18-19,26H,9-12,14-16H2,1H3,(H,24,30)(H,27,28). The molecule has 1 aromatic carbocycles. The van der Waals surface area contributed by atoms with E-state index in [1.165, 1.54) is 0 Å². The molecule has 2 heterocycles. The van der Waals surface area contributed by atoms with E-state index in [2.05, 4.69) is 49.8 Å². The van der Waals surface area contributed by atoms with Gasteiger partial charge < -0.3 is 20.5 Å². The Balaban J connectivity index is 1.38. The number of hydrogen-bond acceptors (Lipinski definition) is 5. The molecule has 7 heteroatoms. The van der Waals surface area contributed by atoms with Crippen LogP contribution in [0.5, 0.6) is 0 Å². The van der Waals surface area contributed by atoms with Crippen LogP contribution < -0.4 is 16.0 Å². The van der Waals surface area contributed by atoms with Crippen LogP contribution in [0.25, 0.3) is 11.0 Å². The van der Waals surface area contributed by atoms with Crippen LogP contribution in [0.1, 0.15) is 38.3 Å². The molecule has 1 aliphatic rings. The Bertz CT molecular complexity index is 962. The van der Waals surface area contributed by atoms with E-state index in [-0.39, 0.29) is 5.91 Å². The number of carbonyl (C=O) groups excluding carboxylic acids is 1. The lowest BCUT2D eigenvalue weighted by Crippen LogP contribution is -2.40. The maximum absolute atomic E-state index is 11.0. The summed E-state index contributed by atoms with van der Waals surface area (Å²) in [5.74, 6) is 0.947. The minimum Gasteiger partial charge on any atom is -0.355 e. The summed E-state index contributed by atoms with van der Waals surface area (Å²) >= 11 is 0. The first-order chi connectivity index (χ1) is 14.7. The number of nitrogens with zero attached hydrogens (tertiary/aromatic N) is 3. The van der Waals surface area contributed by atoms with Crippen LogP contribution in [0, 0.1) is 0 Å². The molecule has 0 spiro atoms. The molecule has 0 aliphatic heterocycles. The van der Waals surface area contributed by atoms with Crippen molar-refractivity contribution in [2.45, 2.75) is 51.2 Å². The zero-order valence-electron chi connectivity index (χ0n) is 17.5. The first kappa shape index (κ1) is 20.3. The minimum atomic E-state index is 0.0262.